The van der Waals surface area contributed by atoms with Crippen LogP contribution < -0.4 is 4.74 Å². The lowest BCUT2D eigenvalue weighted by Gasteiger charge is -2.10. The van der Waals surface area contributed by atoms with Gasteiger partial charge in [0.05, 0.1) is 0 Å². The third-order valence-corrected chi connectivity index (χ3v) is 2.84. The second-order valence-electron chi connectivity index (χ2n) is 4.19. The zero-order valence-corrected chi connectivity index (χ0v) is 10.6. The van der Waals surface area contributed by atoms with Crippen LogP contribution in [0.15, 0.2) is 30.6 Å². The van der Waals surface area contributed by atoms with E-state index in [0.29, 0.717) is 6.61 Å². The number of benzene rings is 1. The second-order valence-corrected chi connectivity index (χ2v) is 4.19. The average molecular weight is 230 g/mol. The predicted octanol–water partition coefficient (Wildman–Crippen LogP) is 3.10. The minimum absolute atomic E-state index is 0.519. The minimum Gasteiger partial charge on any atom is -0.485 e. The molecule has 0 aliphatic carbocycles. The largest absolute Gasteiger partial charge is 0.485 e. The van der Waals surface area contributed by atoms with E-state index >= 15 is 0 Å². The number of hydrogen-bond donors (Lipinski definition) is 0. The first-order valence-corrected chi connectivity index (χ1v) is 5.90. The molecule has 0 amide bonds. The Morgan fingerprint density at radius 3 is 2.88 bits per heavy atom. The molecule has 0 saturated heterocycles. The minimum atomic E-state index is 0.519. The first-order chi connectivity index (χ1) is 8.20. The molecule has 3 heteroatoms. The van der Waals surface area contributed by atoms with Gasteiger partial charge in [0.1, 0.15) is 18.2 Å². The zero-order chi connectivity index (χ0) is 12.3. The van der Waals surface area contributed by atoms with E-state index in [0.717, 1.165) is 23.7 Å². The van der Waals surface area contributed by atoms with Gasteiger partial charge in [-0.2, -0.15) is 0 Å². The van der Waals surface area contributed by atoms with Crippen LogP contribution in [-0.2, 0) is 13.2 Å². The molecule has 3 nitrogen and oxygen atoms in total. The summed E-state index contributed by atoms with van der Waals surface area (Å²) in [6.07, 6.45) is 3.78. The van der Waals surface area contributed by atoms with Crippen LogP contribution in [0.25, 0.3) is 0 Å². The topological polar surface area (TPSA) is 27.1 Å². The van der Waals surface area contributed by atoms with Crippen molar-refractivity contribution in [3.05, 3.63) is 47.5 Å². The molecule has 2 rings (SSSR count). The first kappa shape index (κ1) is 11.7. The van der Waals surface area contributed by atoms with E-state index in [1.807, 2.05) is 12.4 Å². The van der Waals surface area contributed by atoms with Gasteiger partial charge in [-0.1, -0.05) is 12.1 Å². The van der Waals surface area contributed by atoms with Crippen molar-refractivity contribution in [1.82, 2.24) is 9.55 Å². The summed E-state index contributed by atoms with van der Waals surface area (Å²) >= 11 is 0. The molecule has 0 aliphatic rings. The van der Waals surface area contributed by atoms with E-state index in [4.69, 9.17) is 4.74 Å². The Morgan fingerprint density at radius 1 is 1.29 bits per heavy atom. The molecule has 17 heavy (non-hydrogen) atoms. The lowest BCUT2D eigenvalue weighted by Crippen LogP contribution is -2.06. The third-order valence-electron chi connectivity index (χ3n) is 2.84. The number of aryl methyl sites for hydroxylation is 3. The van der Waals surface area contributed by atoms with Crippen LogP contribution in [0.5, 0.6) is 5.75 Å². The SMILES string of the molecule is CCn1ccnc1COc1cc(C)ccc1C. The summed E-state index contributed by atoms with van der Waals surface area (Å²) in [5.74, 6) is 1.91. The summed E-state index contributed by atoms with van der Waals surface area (Å²) in [6, 6.07) is 6.24. The van der Waals surface area contributed by atoms with Gasteiger partial charge in [-0.25, -0.2) is 4.98 Å². The summed E-state index contributed by atoms with van der Waals surface area (Å²) in [4.78, 5) is 4.29. The lowest BCUT2D eigenvalue weighted by atomic mass is 10.1. The lowest BCUT2D eigenvalue weighted by molar-refractivity contribution is 0.288. The van der Waals surface area contributed by atoms with Gasteiger partial charge in [-0.05, 0) is 38.0 Å². The molecule has 0 aliphatic heterocycles. The van der Waals surface area contributed by atoms with Gasteiger partial charge in [0.15, 0.2) is 0 Å². The van der Waals surface area contributed by atoms with Gasteiger partial charge in [0.25, 0.3) is 0 Å². The van der Waals surface area contributed by atoms with Crippen LogP contribution >= 0.6 is 0 Å². The highest BCUT2D eigenvalue weighted by Gasteiger charge is 2.04. The Bertz CT molecular complexity index is 503. The quantitative estimate of drug-likeness (QED) is 0.807. The van der Waals surface area contributed by atoms with E-state index in [9.17, 15) is 0 Å². The Morgan fingerprint density at radius 2 is 2.12 bits per heavy atom. The molecule has 0 fully saturated rings. The fourth-order valence-corrected chi connectivity index (χ4v) is 1.77. The second kappa shape index (κ2) is 5.04. The van der Waals surface area contributed by atoms with Gasteiger partial charge in [-0.3, -0.25) is 0 Å². The fraction of sp³-hybridized carbons (Fsp3) is 0.357. The number of ether oxygens (including phenoxy) is 1. The molecule has 0 unspecified atom stereocenters. The van der Waals surface area contributed by atoms with Crippen LogP contribution in [0.3, 0.4) is 0 Å². The van der Waals surface area contributed by atoms with E-state index in [2.05, 4.69) is 48.5 Å². The van der Waals surface area contributed by atoms with Crippen molar-refractivity contribution in [3.63, 3.8) is 0 Å². The molecule has 90 valence electrons. The number of imidazole rings is 1. The van der Waals surface area contributed by atoms with Gasteiger partial charge in [0.2, 0.25) is 0 Å². The maximum absolute atomic E-state index is 5.82. The molecular weight excluding hydrogens is 212 g/mol. The summed E-state index contributed by atoms with van der Waals surface area (Å²) in [5.41, 5.74) is 2.37. The number of nitrogens with zero attached hydrogens (tertiary/aromatic N) is 2. The molecule has 1 aromatic heterocycles. The van der Waals surface area contributed by atoms with Crippen LogP contribution in [-0.4, -0.2) is 9.55 Å². The van der Waals surface area contributed by atoms with Crippen molar-refractivity contribution in [1.29, 1.82) is 0 Å². The van der Waals surface area contributed by atoms with Crippen molar-refractivity contribution in [2.24, 2.45) is 0 Å². The monoisotopic (exact) mass is 230 g/mol. The molecule has 0 saturated carbocycles. The molecule has 0 radical (unpaired) electrons. The smallest absolute Gasteiger partial charge is 0.146 e. The Hall–Kier alpha value is -1.77. The molecule has 0 spiro atoms. The number of aromatic nitrogens is 2. The van der Waals surface area contributed by atoms with Crippen molar-refractivity contribution in [2.45, 2.75) is 33.9 Å². The van der Waals surface area contributed by atoms with Gasteiger partial charge in [-0.15, -0.1) is 0 Å². The Labute approximate surface area is 102 Å². The molecule has 1 heterocycles. The molecular formula is C14H18N2O. The standard InChI is InChI=1S/C14H18N2O/c1-4-16-8-7-15-14(16)10-17-13-9-11(2)5-6-12(13)3/h5-9H,4,10H2,1-3H3. The van der Waals surface area contributed by atoms with Gasteiger partial charge >= 0.3 is 0 Å². The molecule has 1 aromatic carbocycles. The fourth-order valence-electron chi connectivity index (χ4n) is 1.77. The van der Waals surface area contributed by atoms with Crippen LogP contribution in [0.2, 0.25) is 0 Å². The van der Waals surface area contributed by atoms with Gasteiger partial charge < -0.3 is 9.30 Å². The maximum Gasteiger partial charge on any atom is 0.146 e. The maximum atomic E-state index is 5.82. The van der Waals surface area contributed by atoms with Crippen molar-refractivity contribution < 1.29 is 4.74 Å². The Balaban J connectivity index is 2.09. The van der Waals surface area contributed by atoms with Gasteiger partial charge in [0, 0.05) is 18.9 Å². The summed E-state index contributed by atoms with van der Waals surface area (Å²) in [5, 5.41) is 0. The highest BCUT2D eigenvalue weighted by molar-refractivity contribution is 5.35. The highest BCUT2D eigenvalue weighted by Crippen LogP contribution is 2.20. The van der Waals surface area contributed by atoms with Crippen LogP contribution in [0.4, 0.5) is 0 Å². The number of hydrogen-bond acceptors (Lipinski definition) is 2. The first-order valence-electron chi connectivity index (χ1n) is 5.90. The third kappa shape index (κ3) is 2.67. The average Bonchev–Trinajstić information content (AvgIpc) is 2.77. The predicted molar refractivity (Wildman–Crippen MR) is 68.1 cm³/mol. The van der Waals surface area contributed by atoms with E-state index in [-0.39, 0.29) is 0 Å². The highest BCUT2D eigenvalue weighted by atomic mass is 16.5. The molecule has 0 N–H and O–H groups in total. The van der Waals surface area contributed by atoms with Crippen molar-refractivity contribution in [2.75, 3.05) is 0 Å². The van der Waals surface area contributed by atoms with Crippen LogP contribution in [0, 0.1) is 13.8 Å². The van der Waals surface area contributed by atoms with E-state index in [1.54, 1.807) is 0 Å². The van der Waals surface area contributed by atoms with Crippen LogP contribution in [0.1, 0.15) is 23.9 Å². The zero-order valence-electron chi connectivity index (χ0n) is 10.6. The van der Waals surface area contributed by atoms with E-state index < -0.39 is 0 Å². The molecule has 2 aromatic rings. The normalized spacial score (nSPS) is 10.5. The summed E-state index contributed by atoms with van der Waals surface area (Å²) < 4.78 is 7.91. The molecule has 0 atom stereocenters. The molecule has 0 bridgehead atoms. The summed E-state index contributed by atoms with van der Waals surface area (Å²) in [7, 11) is 0. The number of rotatable bonds is 4. The van der Waals surface area contributed by atoms with Crippen molar-refractivity contribution in [3.8, 4) is 5.75 Å². The summed E-state index contributed by atoms with van der Waals surface area (Å²) in [6.45, 7) is 7.67. The van der Waals surface area contributed by atoms with Crippen molar-refractivity contribution >= 4 is 0 Å². The Kier molecular flexibility index (Phi) is 3.47. The van der Waals surface area contributed by atoms with E-state index in [1.165, 1.54) is 5.56 Å².